The highest BCUT2D eigenvalue weighted by atomic mass is 16.5. The normalized spacial score (nSPS) is 13.9. The van der Waals surface area contributed by atoms with Crippen molar-refractivity contribution in [2.24, 2.45) is 0 Å². The van der Waals surface area contributed by atoms with Gasteiger partial charge in [-0.3, -0.25) is 4.79 Å². The molecule has 0 atom stereocenters. The van der Waals surface area contributed by atoms with Crippen LogP contribution >= 0.6 is 0 Å². The molecule has 1 N–H and O–H groups in total. The number of methoxy groups -OCH3 is 3. The van der Waals surface area contributed by atoms with E-state index in [2.05, 4.69) is 22.0 Å². The van der Waals surface area contributed by atoms with E-state index in [1.54, 1.807) is 0 Å². The van der Waals surface area contributed by atoms with Crippen molar-refractivity contribution in [3.8, 4) is 17.2 Å². The Kier molecular flexibility index (Phi) is 8.37. The zero-order valence-electron chi connectivity index (χ0n) is 19.6. The number of benzene rings is 2. The maximum absolute atomic E-state index is 12.4. The number of carbonyl (C=O) groups excluding carboxylic acids is 2. The summed E-state index contributed by atoms with van der Waals surface area (Å²) in [5.41, 5.74) is 1.95. The minimum atomic E-state index is -0.675. The largest absolute Gasteiger partial charge is 0.493 e. The standard InChI is InChI=1S/C24H31N3O6/c1-5-26-10-12-27(13-11-26)19-8-6-18(7-9-19)25-22(28)16-33-24(29)17-14-20(30-2)23(32-4)21(15-17)31-3/h6-9,14-15H,5,10-13,16H2,1-4H3,(H,25,28). The van der Waals surface area contributed by atoms with Crippen LogP contribution in [0.4, 0.5) is 11.4 Å². The van der Waals surface area contributed by atoms with E-state index in [0.29, 0.717) is 22.9 Å². The van der Waals surface area contributed by atoms with Gasteiger partial charge in [0.2, 0.25) is 5.75 Å². The lowest BCUT2D eigenvalue weighted by molar-refractivity contribution is -0.119. The number of hydrogen-bond acceptors (Lipinski definition) is 8. The molecule has 0 radical (unpaired) electrons. The first-order valence-corrected chi connectivity index (χ1v) is 10.8. The molecule has 0 saturated carbocycles. The van der Waals surface area contributed by atoms with Crippen molar-refractivity contribution >= 4 is 23.3 Å². The quantitative estimate of drug-likeness (QED) is 0.575. The number of rotatable bonds is 9. The van der Waals surface area contributed by atoms with Crippen molar-refractivity contribution in [1.82, 2.24) is 4.90 Å². The van der Waals surface area contributed by atoms with E-state index < -0.39 is 18.5 Å². The number of nitrogens with zero attached hydrogens (tertiary/aromatic N) is 2. The smallest absolute Gasteiger partial charge is 0.338 e. The summed E-state index contributed by atoms with van der Waals surface area (Å²) in [6.07, 6.45) is 0. The third kappa shape index (κ3) is 6.07. The Bertz CT molecular complexity index is 930. The van der Waals surface area contributed by atoms with Crippen LogP contribution in [-0.2, 0) is 9.53 Å². The second-order valence-corrected chi connectivity index (χ2v) is 7.51. The van der Waals surface area contributed by atoms with Crippen molar-refractivity contribution in [3.63, 3.8) is 0 Å². The van der Waals surface area contributed by atoms with Crippen LogP contribution in [0.3, 0.4) is 0 Å². The van der Waals surface area contributed by atoms with Crippen LogP contribution in [0.1, 0.15) is 17.3 Å². The fraction of sp³-hybridized carbons (Fsp3) is 0.417. The highest BCUT2D eigenvalue weighted by molar-refractivity contribution is 5.96. The first-order chi connectivity index (χ1) is 16.0. The summed E-state index contributed by atoms with van der Waals surface area (Å²) >= 11 is 0. The van der Waals surface area contributed by atoms with Crippen LogP contribution in [-0.4, -0.2) is 77.4 Å². The maximum Gasteiger partial charge on any atom is 0.338 e. The van der Waals surface area contributed by atoms with Crippen LogP contribution < -0.4 is 24.4 Å². The number of carbonyl (C=O) groups is 2. The molecule has 9 heteroatoms. The lowest BCUT2D eigenvalue weighted by atomic mass is 10.2. The van der Waals surface area contributed by atoms with Gasteiger partial charge in [-0.1, -0.05) is 6.92 Å². The van der Waals surface area contributed by atoms with E-state index >= 15 is 0 Å². The Morgan fingerprint density at radius 2 is 1.52 bits per heavy atom. The van der Waals surface area contributed by atoms with Gasteiger partial charge in [0.25, 0.3) is 5.91 Å². The van der Waals surface area contributed by atoms with Gasteiger partial charge in [-0.15, -0.1) is 0 Å². The Hall–Kier alpha value is -3.46. The number of likely N-dealkylation sites (N-methyl/N-ethyl adjacent to an activating group) is 1. The summed E-state index contributed by atoms with van der Waals surface area (Å²) in [6, 6.07) is 10.6. The zero-order chi connectivity index (χ0) is 23.8. The van der Waals surface area contributed by atoms with Crippen LogP contribution in [0.25, 0.3) is 0 Å². The molecule has 0 aromatic heterocycles. The van der Waals surface area contributed by atoms with Crippen molar-refractivity contribution in [3.05, 3.63) is 42.0 Å². The van der Waals surface area contributed by atoms with Gasteiger partial charge in [0, 0.05) is 37.6 Å². The molecule has 0 unspecified atom stereocenters. The second kappa shape index (κ2) is 11.4. The van der Waals surface area contributed by atoms with E-state index in [1.165, 1.54) is 33.5 Å². The topological polar surface area (TPSA) is 89.6 Å². The fourth-order valence-corrected chi connectivity index (χ4v) is 3.69. The van der Waals surface area contributed by atoms with Gasteiger partial charge in [0.15, 0.2) is 18.1 Å². The molecule has 3 rings (SSSR count). The third-order valence-electron chi connectivity index (χ3n) is 5.57. The van der Waals surface area contributed by atoms with Crippen molar-refractivity contribution < 1.29 is 28.5 Å². The van der Waals surface area contributed by atoms with E-state index in [9.17, 15) is 9.59 Å². The molecule has 33 heavy (non-hydrogen) atoms. The average Bonchev–Trinajstić information content (AvgIpc) is 2.86. The average molecular weight is 458 g/mol. The SMILES string of the molecule is CCN1CCN(c2ccc(NC(=O)COC(=O)c3cc(OC)c(OC)c(OC)c3)cc2)CC1. The lowest BCUT2D eigenvalue weighted by Gasteiger charge is -2.35. The molecule has 2 aromatic carbocycles. The number of nitrogens with one attached hydrogen (secondary N) is 1. The Balaban J connectivity index is 1.53. The number of anilines is 2. The molecule has 9 nitrogen and oxygen atoms in total. The molecule has 0 aliphatic carbocycles. The molecular weight excluding hydrogens is 426 g/mol. The summed E-state index contributed by atoms with van der Waals surface area (Å²) in [5.74, 6) is -0.0926. The number of ether oxygens (including phenoxy) is 4. The van der Waals surface area contributed by atoms with Gasteiger partial charge >= 0.3 is 5.97 Å². The van der Waals surface area contributed by atoms with Gasteiger partial charge in [-0.2, -0.15) is 0 Å². The summed E-state index contributed by atoms with van der Waals surface area (Å²) in [6.45, 7) is 6.89. The first kappa shape index (κ1) is 24.2. The first-order valence-electron chi connectivity index (χ1n) is 10.8. The van der Waals surface area contributed by atoms with Crippen LogP contribution in [0.15, 0.2) is 36.4 Å². The van der Waals surface area contributed by atoms with Crippen molar-refractivity contribution in [1.29, 1.82) is 0 Å². The Morgan fingerprint density at radius 3 is 2.03 bits per heavy atom. The Morgan fingerprint density at radius 1 is 0.909 bits per heavy atom. The number of esters is 1. The monoisotopic (exact) mass is 457 g/mol. The molecular formula is C24H31N3O6. The second-order valence-electron chi connectivity index (χ2n) is 7.51. The van der Waals surface area contributed by atoms with Crippen LogP contribution in [0.2, 0.25) is 0 Å². The molecule has 1 fully saturated rings. The number of amides is 1. The summed E-state index contributed by atoms with van der Waals surface area (Å²) in [4.78, 5) is 29.5. The predicted octanol–water partition coefficient (Wildman–Crippen LogP) is 2.65. The zero-order valence-corrected chi connectivity index (χ0v) is 19.6. The lowest BCUT2D eigenvalue weighted by Crippen LogP contribution is -2.46. The van der Waals surface area contributed by atoms with Gasteiger partial charge in [-0.05, 0) is 42.9 Å². The van der Waals surface area contributed by atoms with Gasteiger partial charge in [0.1, 0.15) is 0 Å². The summed E-state index contributed by atoms with van der Waals surface area (Å²) < 4.78 is 20.9. The summed E-state index contributed by atoms with van der Waals surface area (Å²) in [5, 5.41) is 2.75. The van der Waals surface area contributed by atoms with Gasteiger partial charge in [0.05, 0.1) is 26.9 Å². The van der Waals surface area contributed by atoms with Crippen molar-refractivity contribution in [2.45, 2.75) is 6.92 Å². The maximum atomic E-state index is 12.4. The predicted molar refractivity (Wildman–Crippen MR) is 126 cm³/mol. The molecule has 1 heterocycles. The number of hydrogen-bond donors (Lipinski definition) is 1. The highest BCUT2D eigenvalue weighted by Crippen LogP contribution is 2.38. The van der Waals surface area contributed by atoms with E-state index in [-0.39, 0.29) is 5.56 Å². The van der Waals surface area contributed by atoms with Gasteiger partial charge in [-0.25, -0.2) is 4.79 Å². The summed E-state index contributed by atoms with van der Waals surface area (Å²) in [7, 11) is 4.38. The molecule has 1 saturated heterocycles. The molecule has 0 spiro atoms. The molecule has 1 aliphatic rings. The highest BCUT2D eigenvalue weighted by Gasteiger charge is 2.19. The Labute approximate surface area is 194 Å². The van der Waals surface area contributed by atoms with E-state index in [4.69, 9.17) is 18.9 Å². The minimum Gasteiger partial charge on any atom is -0.493 e. The molecule has 1 aliphatic heterocycles. The number of piperazine rings is 1. The minimum absolute atomic E-state index is 0.185. The molecule has 1 amide bonds. The van der Waals surface area contributed by atoms with Gasteiger partial charge < -0.3 is 34.1 Å². The molecule has 2 aromatic rings. The third-order valence-corrected chi connectivity index (χ3v) is 5.57. The van der Waals surface area contributed by atoms with Crippen LogP contribution in [0.5, 0.6) is 17.2 Å². The van der Waals surface area contributed by atoms with Crippen molar-refractivity contribution in [2.75, 3.05) is 70.9 Å². The molecule has 178 valence electrons. The molecule has 0 bridgehead atoms. The van der Waals surface area contributed by atoms with Crippen LogP contribution in [0, 0.1) is 0 Å². The van der Waals surface area contributed by atoms with E-state index in [0.717, 1.165) is 38.4 Å². The fourth-order valence-electron chi connectivity index (χ4n) is 3.69. The van der Waals surface area contributed by atoms with E-state index in [1.807, 2.05) is 24.3 Å².